The van der Waals surface area contributed by atoms with Crippen LogP contribution in [0, 0.1) is 0 Å². The van der Waals surface area contributed by atoms with Gasteiger partial charge >= 0.3 is 5.97 Å². The maximum atomic E-state index is 11.5. The van der Waals surface area contributed by atoms with Crippen LogP contribution in [0.5, 0.6) is 0 Å². The quantitative estimate of drug-likeness (QED) is 0.614. The van der Waals surface area contributed by atoms with E-state index in [1.165, 1.54) is 0 Å². The topological polar surface area (TPSA) is 51.7 Å². The number of ether oxygens (including phenoxy) is 2. The molecule has 0 radical (unpaired) electrons. The molecule has 1 aromatic heterocycles. The molecule has 0 spiro atoms. The normalized spacial score (nSPS) is 16.6. The van der Waals surface area contributed by atoms with Gasteiger partial charge in [0.2, 0.25) is 0 Å². The van der Waals surface area contributed by atoms with Gasteiger partial charge < -0.3 is 14.4 Å². The molecule has 150 valence electrons. The van der Waals surface area contributed by atoms with Crippen molar-refractivity contribution in [1.29, 1.82) is 0 Å². The van der Waals surface area contributed by atoms with Gasteiger partial charge in [-0.25, -0.2) is 0 Å². The Morgan fingerprint density at radius 1 is 1.14 bits per heavy atom. The molecule has 5 nitrogen and oxygen atoms in total. The van der Waals surface area contributed by atoms with Crippen molar-refractivity contribution >= 4 is 5.97 Å². The SMILES string of the molecule is CCOC(=O)CCCN1CCC(OC(c2ccccc2)c2cccnc2)CC1. The molecule has 1 saturated heterocycles. The van der Waals surface area contributed by atoms with Gasteiger partial charge in [0.1, 0.15) is 6.10 Å². The van der Waals surface area contributed by atoms with Crippen molar-refractivity contribution in [3.63, 3.8) is 0 Å². The minimum atomic E-state index is -0.0945. The molecule has 0 bridgehead atoms. The number of hydrogen-bond donors (Lipinski definition) is 0. The average Bonchev–Trinajstić information content (AvgIpc) is 2.74. The Morgan fingerprint density at radius 2 is 1.89 bits per heavy atom. The Labute approximate surface area is 167 Å². The van der Waals surface area contributed by atoms with Gasteiger partial charge in [-0.2, -0.15) is 0 Å². The lowest BCUT2D eigenvalue weighted by molar-refractivity contribution is -0.143. The van der Waals surface area contributed by atoms with Crippen LogP contribution < -0.4 is 0 Å². The first-order valence-corrected chi connectivity index (χ1v) is 10.2. The Bertz CT molecular complexity index is 661. The van der Waals surface area contributed by atoms with E-state index in [-0.39, 0.29) is 18.2 Å². The van der Waals surface area contributed by atoms with Crippen LogP contribution in [0.1, 0.15) is 49.8 Å². The number of piperidine rings is 1. The first kappa shape index (κ1) is 20.5. The molecular weight excluding hydrogens is 352 g/mol. The molecule has 1 aromatic carbocycles. The number of aromatic nitrogens is 1. The highest BCUT2D eigenvalue weighted by Gasteiger charge is 2.24. The van der Waals surface area contributed by atoms with Crippen molar-refractivity contribution in [2.75, 3.05) is 26.2 Å². The fourth-order valence-corrected chi connectivity index (χ4v) is 3.65. The molecule has 1 fully saturated rings. The summed E-state index contributed by atoms with van der Waals surface area (Å²) in [6.07, 6.45) is 7.18. The number of likely N-dealkylation sites (tertiary alicyclic amines) is 1. The molecule has 2 heterocycles. The van der Waals surface area contributed by atoms with Crippen LogP contribution >= 0.6 is 0 Å². The molecule has 0 amide bonds. The molecule has 0 N–H and O–H groups in total. The second-order valence-corrected chi connectivity index (χ2v) is 7.16. The molecule has 1 atom stereocenters. The summed E-state index contributed by atoms with van der Waals surface area (Å²) in [4.78, 5) is 18.2. The third kappa shape index (κ3) is 6.14. The number of nitrogens with zero attached hydrogens (tertiary/aromatic N) is 2. The Hall–Kier alpha value is -2.24. The lowest BCUT2D eigenvalue weighted by Gasteiger charge is -2.34. The average molecular weight is 383 g/mol. The van der Waals surface area contributed by atoms with Gasteiger partial charge in [-0.15, -0.1) is 0 Å². The van der Waals surface area contributed by atoms with E-state index in [1.54, 1.807) is 6.20 Å². The molecule has 3 rings (SSSR count). The summed E-state index contributed by atoms with van der Waals surface area (Å²) in [6, 6.07) is 14.4. The highest BCUT2D eigenvalue weighted by molar-refractivity contribution is 5.69. The zero-order valence-corrected chi connectivity index (χ0v) is 16.6. The van der Waals surface area contributed by atoms with Gasteiger partial charge in [-0.05, 0) is 44.4 Å². The van der Waals surface area contributed by atoms with E-state index >= 15 is 0 Å². The minimum Gasteiger partial charge on any atom is -0.466 e. The zero-order chi connectivity index (χ0) is 19.6. The van der Waals surface area contributed by atoms with Crippen LogP contribution in [0.4, 0.5) is 0 Å². The molecule has 2 aromatic rings. The van der Waals surface area contributed by atoms with Crippen molar-refractivity contribution in [3.8, 4) is 0 Å². The summed E-state index contributed by atoms with van der Waals surface area (Å²) in [6.45, 7) is 5.25. The lowest BCUT2D eigenvalue weighted by Crippen LogP contribution is -2.38. The summed E-state index contributed by atoms with van der Waals surface area (Å²) >= 11 is 0. The third-order valence-electron chi connectivity index (χ3n) is 5.11. The first-order chi connectivity index (χ1) is 13.8. The number of pyridine rings is 1. The van der Waals surface area contributed by atoms with Gasteiger partial charge in [0.05, 0.1) is 12.7 Å². The van der Waals surface area contributed by atoms with E-state index in [1.807, 2.05) is 37.4 Å². The summed E-state index contributed by atoms with van der Waals surface area (Å²) in [5.41, 5.74) is 2.25. The summed E-state index contributed by atoms with van der Waals surface area (Å²) < 4.78 is 11.5. The van der Waals surface area contributed by atoms with Crippen LogP contribution in [0.3, 0.4) is 0 Å². The number of hydrogen-bond acceptors (Lipinski definition) is 5. The van der Waals surface area contributed by atoms with E-state index in [9.17, 15) is 4.79 Å². The minimum absolute atomic E-state index is 0.0877. The van der Waals surface area contributed by atoms with Crippen molar-refractivity contribution in [2.24, 2.45) is 0 Å². The van der Waals surface area contributed by atoms with Crippen LogP contribution in [0.25, 0.3) is 0 Å². The predicted octanol–water partition coefficient (Wildman–Crippen LogP) is 4.00. The molecule has 1 unspecified atom stereocenters. The Kier molecular flexibility index (Phi) is 8.00. The highest BCUT2D eigenvalue weighted by atomic mass is 16.5. The van der Waals surface area contributed by atoms with Crippen LogP contribution in [0.15, 0.2) is 54.9 Å². The number of benzene rings is 1. The Morgan fingerprint density at radius 3 is 2.57 bits per heavy atom. The molecule has 5 heteroatoms. The second-order valence-electron chi connectivity index (χ2n) is 7.16. The van der Waals surface area contributed by atoms with Gasteiger partial charge in [-0.1, -0.05) is 36.4 Å². The van der Waals surface area contributed by atoms with Gasteiger partial charge in [-0.3, -0.25) is 9.78 Å². The molecule has 0 aliphatic carbocycles. The fraction of sp³-hybridized carbons (Fsp3) is 0.478. The number of carbonyl (C=O) groups is 1. The number of rotatable bonds is 9. The lowest BCUT2D eigenvalue weighted by atomic mass is 10.0. The molecule has 0 saturated carbocycles. The van der Waals surface area contributed by atoms with E-state index in [0.717, 1.165) is 50.0 Å². The molecule has 1 aliphatic heterocycles. The fourth-order valence-electron chi connectivity index (χ4n) is 3.65. The van der Waals surface area contributed by atoms with Gasteiger partial charge in [0.15, 0.2) is 0 Å². The van der Waals surface area contributed by atoms with Crippen molar-refractivity contribution in [1.82, 2.24) is 9.88 Å². The first-order valence-electron chi connectivity index (χ1n) is 10.2. The maximum Gasteiger partial charge on any atom is 0.305 e. The van der Waals surface area contributed by atoms with Crippen molar-refractivity contribution < 1.29 is 14.3 Å². The highest BCUT2D eigenvalue weighted by Crippen LogP contribution is 2.29. The molecular formula is C23H30N2O3. The van der Waals surface area contributed by atoms with Gasteiger partial charge in [0.25, 0.3) is 0 Å². The van der Waals surface area contributed by atoms with Gasteiger partial charge in [0, 0.05) is 37.5 Å². The van der Waals surface area contributed by atoms with Crippen LogP contribution in [-0.4, -0.2) is 48.2 Å². The summed E-state index contributed by atoms with van der Waals surface area (Å²) in [5.74, 6) is -0.0945. The second kappa shape index (κ2) is 10.9. The van der Waals surface area contributed by atoms with Crippen LogP contribution in [-0.2, 0) is 14.3 Å². The Balaban J connectivity index is 1.51. The molecule has 1 aliphatic rings. The zero-order valence-electron chi connectivity index (χ0n) is 16.6. The number of carbonyl (C=O) groups excluding carboxylic acids is 1. The van der Waals surface area contributed by atoms with E-state index in [2.05, 4.69) is 28.1 Å². The molecule has 28 heavy (non-hydrogen) atoms. The van der Waals surface area contributed by atoms with E-state index < -0.39 is 0 Å². The summed E-state index contributed by atoms with van der Waals surface area (Å²) in [7, 11) is 0. The van der Waals surface area contributed by atoms with Crippen LogP contribution in [0.2, 0.25) is 0 Å². The summed E-state index contributed by atoms with van der Waals surface area (Å²) in [5, 5.41) is 0. The predicted molar refractivity (Wildman–Crippen MR) is 109 cm³/mol. The largest absolute Gasteiger partial charge is 0.466 e. The standard InChI is InChI=1S/C23H30N2O3/c1-2-27-22(26)11-7-15-25-16-12-21(13-17-25)28-23(19-8-4-3-5-9-19)20-10-6-14-24-18-20/h3-6,8-10,14,18,21,23H,2,7,11-13,15-17H2,1H3. The third-order valence-corrected chi connectivity index (χ3v) is 5.11. The number of esters is 1. The van der Waals surface area contributed by atoms with Crippen molar-refractivity contribution in [2.45, 2.75) is 44.8 Å². The smallest absolute Gasteiger partial charge is 0.305 e. The van der Waals surface area contributed by atoms with E-state index in [4.69, 9.17) is 9.47 Å². The van der Waals surface area contributed by atoms with E-state index in [0.29, 0.717) is 13.0 Å². The monoisotopic (exact) mass is 382 g/mol. The van der Waals surface area contributed by atoms with Crippen molar-refractivity contribution in [3.05, 3.63) is 66.0 Å². The maximum absolute atomic E-state index is 11.5.